The number of rotatable bonds is 3. The van der Waals surface area contributed by atoms with E-state index in [-0.39, 0.29) is 11.3 Å². The Morgan fingerprint density at radius 2 is 2.06 bits per heavy atom. The van der Waals surface area contributed by atoms with Gasteiger partial charge in [-0.1, -0.05) is 12.1 Å². The molecule has 88 valence electrons. The molecule has 0 bridgehead atoms. The van der Waals surface area contributed by atoms with E-state index in [0.717, 1.165) is 12.1 Å². The third kappa shape index (κ3) is 2.55. The maximum Gasteiger partial charge on any atom is 0.416 e. The lowest BCUT2D eigenvalue weighted by molar-refractivity contribution is -0.139. The van der Waals surface area contributed by atoms with Gasteiger partial charge in [-0.2, -0.15) is 13.2 Å². The normalized spacial score (nSPS) is 13.3. The molecule has 0 radical (unpaired) electrons. The summed E-state index contributed by atoms with van der Waals surface area (Å²) in [7, 11) is 1.28. The Morgan fingerprint density at radius 1 is 1.44 bits per heavy atom. The number of methoxy groups -OCH3 is 1. The molecule has 0 amide bonds. The van der Waals surface area contributed by atoms with Crippen molar-refractivity contribution in [3.05, 3.63) is 42.0 Å². The monoisotopic (exact) mass is 232 g/mol. The quantitative estimate of drug-likeness (QED) is 0.812. The molecule has 1 aromatic carbocycles. The number of benzene rings is 1. The Balaban J connectivity index is 3.33. The number of hydrogen-bond acceptors (Lipinski definition) is 2. The zero-order valence-electron chi connectivity index (χ0n) is 8.58. The van der Waals surface area contributed by atoms with E-state index in [2.05, 4.69) is 6.58 Å². The largest absolute Gasteiger partial charge is 0.497 e. The highest BCUT2D eigenvalue weighted by molar-refractivity contribution is 5.39. The first-order valence-corrected chi connectivity index (χ1v) is 4.46. The molecule has 1 N–H and O–H groups in total. The van der Waals surface area contributed by atoms with Crippen molar-refractivity contribution in [3.63, 3.8) is 0 Å². The zero-order valence-corrected chi connectivity index (χ0v) is 8.58. The van der Waals surface area contributed by atoms with E-state index >= 15 is 0 Å². The Kier molecular flexibility index (Phi) is 3.59. The van der Waals surface area contributed by atoms with Crippen LogP contribution < -0.4 is 4.74 Å². The van der Waals surface area contributed by atoms with E-state index in [1.54, 1.807) is 0 Å². The van der Waals surface area contributed by atoms with E-state index in [1.165, 1.54) is 19.2 Å². The maximum atomic E-state index is 12.7. The molecule has 0 aliphatic rings. The lowest BCUT2D eigenvalue weighted by atomic mass is 10.0. The third-order valence-electron chi connectivity index (χ3n) is 2.11. The second kappa shape index (κ2) is 4.57. The Hall–Kier alpha value is -1.49. The molecular weight excluding hydrogens is 221 g/mol. The van der Waals surface area contributed by atoms with Gasteiger partial charge in [0.15, 0.2) is 0 Å². The molecule has 0 saturated carbocycles. The molecule has 0 heterocycles. The predicted molar refractivity (Wildman–Crippen MR) is 53.2 cm³/mol. The summed E-state index contributed by atoms with van der Waals surface area (Å²) < 4.78 is 42.7. The number of hydrogen-bond donors (Lipinski definition) is 1. The lowest BCUT2D eigenvalue weighted by Gasteiger charge is -2.16. The van der Waals surface area contributed by atoms with Gasteiger partial charge >= 0.3 is 6.18 Å². The van der Waals surface area contributed by atoms with Gasteiger partial charge in [0.1, 0.15) is 5.75 Å². The van der Waals surface area contributed by atoms with Gasteiger partial charge in [-0.05, 0) is 17.7 Å². The zero-order chi connectivity index (χ0) is 12.3. The van der Waals surface area contributed by atoms with Crippen molar-refractivity contribution < 1.29 is 23.0 Å². The van der Waals surface area contributed by atoms with Crippen molar-refractivity contribution in [2.75, 3.05) is 7.11 Å². The summed E-state index contributed by atoms with van der Waals surface area (Å²) in [4.78, 5) is 0. The summed E-state index contributed by atoms with van der Waals surface area (Å²) in [6.45, 7) is 3.25. The van der Waals surface area contributed by atoms with E-state index in [4.69, 9.17) is 4.74 Å². The second-order valence-electron chi connectivity index (χ2n) is 3.13. The molecule has 5 heteroatoms. The molecule has 0 spiro atoms. The number of halogens is 3. The maximum absolute atomic E-state index is 12.7. The van der Waals surface area contributed by atoms with E-state index < -0.39 is 17.8 Å². The minimum absolute atomic E-state index is 0.0901. The van der Waals surface area contributed by atoms with Crippen LogP contribution in [0.4, 0.5) is 13.2 Å². The number of aliphatic hydroxyl groups is 1. The van der Waals surface area contributed by atoms with Gasteiger partial charge in [-0.3, -0.25) is 0 Å². The van der Waals surface area contributed by atoms with Crippen LogP contribution in [0, 0.1) is 0 Å². The lowest BCUT2D eigenvalue weighted by Crippen LogP contribution is -2.11. The highest BCUT2D eigenvalue weighted by Gasteiger charge is 2.35. The van der Waals surface area contributed by atoms with Crippen molar-refractivity contribution in [2.45, 2.75) is 12.3 Å². The second-order valence-corrected chi connectivity index (χ2v) is 3.13. The van der Waals surface area contributed by atoms with Crippen LogP contribution in [-0.2, 0) is 6.18 Å². The average Bonchev–Trinajstić information content (AvgIpc) is 2.26. The highest BCUT2D eigenvalue weighted by atomic mass is 19.4. The highest BCUT2D eigenvalue weighted by Crippen LogP contribution is 2.36. The fourth-order valence-electron chi connectivity index (χ4n) is 1.29. The van der Waals surface area contributed by atoms with Crippen LogP contribution in [-0.4, -0.2) is 12.2 Å². The van der Waals surface area contributed by atoms with Crippen molar-refractivity contribution >= 4 is 0 Å². The molecular formula is C11H11F3O2. The van der Waals surface area contributed by atoms with Crippen LogP contribution in [0.5, 0.6) is 5.75 Å². The summed E-state index contributed by atoms with van der Waals surface area (Å²) in [5.41, 5.74) is -1.15. The molecule has 1 atom stereocenters. The van der Waals surface area contributed by atoms with Gasteiger partial charge < -0.3 is 9.84 Å². The summed E-state index contributed by atoms with van der Waals surface area (Å²) in [6.07, 6.45) is -4.84. The molecule has 0 aliphatic heterocycles. The molecule has 2 nitrogen and oxygen atoms in total. The van der Waals surface area contributed by atoms with Crippen molar-refractivity contribution in [2.24, 2.45) is 0 Å². The SMILES string of the molecule is C=CC(O)c1ccc(OC)cc1C(F)(F)F. The van der Waals surface area contributed by atoms with Gasteiger partial charge in [-0.15, -0.1) is 6.58 Å². The van der Waals surface area contributed by atoms with Gasteiger partial charge in [0.2, 0.25) is 0 Å². The summed E-state index contributed by atoms with van der Waals surface area (Å²) >= 11 is 0. The first-order chi connectivity index (χ1) is 7.40. The van der Waals surface area contributed by atoms with Gasteiger partial charge in [0, 0.05) is 0 Å². The van der Waals surface area contributed by atoms with E-state index in [1.807, 2.05) is 0 Å². The van der Waals surface area contributed by atoms with Gasteiger partial charge in [-0.25, -0.2) is 0 Å². The molecule has 0 saturated heterocycles. The van der Waals surface area contributed by atoms with Crippen molar-refractivity contribution in [3.8, 4) is 5.75 Å². The minimum atomic E-state index is -4.53. The number of alkyl halides is 3. The Labute approximate surface area is 91.0 Å². The first kappa shape index (κ1) is 12.6. The molecule has 16 heavy (non-hydrogen) atoms. The van der Waals surface area contributed by atoms with Crippen molar-refractivity contribution in [1.82, 2.24) is 0 Å². The van der Waals surface area contributed by atoms with Gasteiger partial charge in [0.05, 0.1) is 18.8 Å². The fourth-order valence-corrected chi connectivity index (χ4v) is 1.29. The predicted octanol–water partition coefficient (Wildman–Crippen LogP) is 2.93. The molecule has 1 aromatic rings. The number of aliphatic hydroxyl groups excluding tert-OH is 1. The molecule has 0 aromatic heterocycles. The summed E-state index contributed by atoms with van der Waals surface area (Å²) in [5.74, 6) is 0.0901. The topological polar surface area (TPSA) is 29.5 Å². The standard InChI is InChI=1S/C11H11F3O2/c1-3-10(15)8-5-4-7(16-2)6-9(8)11(12,13)14/h3-6,10,15H,1H2,2H3. The average molecular weight is 232 g/mol. The third-order valence-corrected chi connectivity index (χ3v) is 2.11. The molecule has 1 rings (SSSR count). The van der Waals surface area contributed by atoms with Crippen LogP contribution in [0.15, 0.2) is 30.9 Å². The molecule has 1 unspecified atom stereocenters. The Bertz CT molecular complexity index is 385. The van der Waals surface area contributed by atoms with Crippen LogP contribution in [0.25, 0.3) is 0 Å². The van der Waals surface area contributed by atoms with E-state index in [9.17, 15) is 18.3 Å². The molecule has 0 fully saturated rings. The van der Waals surface area contributed by atoms with Gasteiger partial charge in [0.25, 0.3) is 0 Å². The van der Waals surface area contributed by atoms with Crippen LogP contribution in [0.3, 0.4) is 0 Å². The number of ether oxygens (including phenoxy) is 1. The summed E-state index contributed by atoms with van der Waals surface area (Å²) in [5, 5.41) is 9.38. The fraction of sp³-hybridized carbons (Fsp3) is 0.273. The van der Waals surface area contributed by atoms with Crippen molar-refractivity contribution in [1.29, 1.82) is 0 Å². The van der Waals surface area contributed by atoms with Crippen LogP contribution in [0.1, 0.15) is 17.2 Å². The van der Waals surface area contributed by atoms with Crippen LogP contribution >= 0.6 is 0 Å². The summed E-state index contributed by atoms with van der Waals surface area (Å²) in [6, 6.07) is 3.38. The molecule has 0 aliphatic carbocycles. The van der Waals surface area contributed by atoms with Crippen LogP contribution in [0.2, 0.25) is 0 Å². The Morgan fingerprint density at radius 3 is 2.50 bits per heavy atom. The minimum Gasteiger partial charge on any atom is -0.497 e. The van der Waals surface area contributed by atoms with E-state index in [0.29, 0.717) is 0 Å². The first-order valence-electron chi connectivity index (χ1n) is 4.46. The smallest absolute Gasteiger partial charge is 0.416 e.